The van der Waals surface area contributed by atoms with Gasteiger partial charge in [0.15, 0.2) is 17.3 Å². The van der Waals surface area contributed by atoms with Gasteiger partial charge in [-0.25, -0.2) is 4.79 Å². The number of allylic oxidation sites excluding steroid dienone is 3. The lowest BCUT2D eigenvalue weighted by Crippen LogP contribution is -2.36. The van der Waals surface area contributed by atoms with Gasteiger partial charge in [-0.3, -0.25) is 14.9 Å². The Morgan fingerprint density at radius 2 is 1.79 bits per heavy atom. The van der Waals surface area contributed by atoms with Crippen molar-refractivity contribution in [2.24, 2.45) is 5.92 Å². The van der Waals surface area contributed by atoms with E-state index in [1.54, 1.807) is 33.3 Å². The van der Waals surface area contributed by atoms with E-state index in [1.807, 2.05) is 26.0 Å². The van der Waals surface area contributed by atoms with Crippen molar-refractivity contribution in [3.8, 4) is 11.5 Å². The summed E-state index contributed by atoms with van der Waals surface area (Å²) in [7, 11) is 3.12. The number of rotatable bonds is 8. The first-order valence-corrected chi connectivity index (χ1v) is 13.0. The fraction of sp³-hybridized carbons (Fsp3) is 0.379. The summed E-state index contributed by atoms with van der Waals surface area (Å²) in [4.78, 5) is 38.2. The number of nitro groups is 1. The molecule has 0 aromatic heterocycles. The Labute approximate surface area is 231 Å². The minimum Gasteiger partial charge on any atom is -0.493 e. The Hall–Kier alpha value is -3.85. The van der Waals surface area contributed by atoms with Crippen LogP contribution in [-0.4, -0.2) is 37.5 Å². The first-order chi connectivity index (χ1) is 18.5. The van der Waals surface area contributed by atoms with E-state index in [1.165, 1.54) is 12.1 Å². The minimum absolute atomic E-state index is 0.0278. The molecule has 0 radical (unpaired) electrons. The van der Waals surface area contributed by atoms with Gasteiger partial charge in [-0.05, 0) is 54.5 Å². The van der Waals surface area contributed by atoms with Crippen molar-refractivity contribution >= 4 is 29.0 Å². The Bertz CT molecular complexity index is 1400. The molecule has 0 saturated carbocycles. The highest BCUT2D eigenvalue weighted by Gasteiger charge is 2.42. The van der Waals surface area contributed by atoms with Crippen LogP contribution in [0.3, 0.4) is 0 Å². The van der Waals surface area contributed by atoms with Crippen LogP contribution in [0.15, 0.2) is 58.9 Å². The molecular weight excluding hydrogens is 524 g/mol. The quantitative estimate of drug-likeness (QED) is 0.246. The highest BCUT2D eigenvalue weighted by Crippen LogP contribution is 2.47. The molecule has 1 heterocycles. The zero-order valence-electron chi connectivity index (χ0n) is 22.5. The number of ketones is 1. The molecule has 9 nitrogen and oxygen atoms in total. The van der Waals surface area contributed by atoms with Crippen molar-refractivity contribution in [2.75, 3.05) is 20.8 Å². The van der Waals surface area contributed by atoms with Crippen LogP contribution < -0.4 is 14.8 Å². The van der Waals surface area contributed by atoms with E-state index >= 15 is 0 Å². The summed E-state index contributed by atoms with van der Waals surface area (Å²) in [5.74, 6) is -0.453. The van der Waals surface area contributed by atoms with E-state index in [4.69, 9.17) is 25.8 Å². The van der Waals surface area contributed by atoms with Gasteiger partial charge >= 0.3 is 5.97 Å². The highest BCUT2D eigenvalue weighted by molar-refractivity contribution is 6.32. The number of nitro benzene ring substituents is 1. The summed E-state index contributed by atoms with van der Waals surface area (Å²) >= 11 is 6.09. The van der Waals surface area contributed by atoms with Crippen molar-refractivity contribution in [2.45, 2.75) is 45.4 Å². The molecule has 2 atom stereocenters. The van der Waals surface area contributed by atoms with E-state index < -0.39 is 16.8 Å². The lowest BCUT2D eigenvalue weighted by Gasteiger charge is -2.36. The van der Waals surface area contributed by atoms with Crippen molar-refractivity contribution in [1.29, 1.82) is 0 Å². The number of carbonyl (C=O) groups is 2. The third-order valence-electron chi connectivity index (χ3n) is 6.97. The molecule has 2 aromatic carbocycles. The summed E-state index contributed by atoms with van der Waals surface area (Å²) in [5.41, 5.74) is 2.91. The number of hydrogen-bond donors (Lipinski definition) is 1. The van der Waals surface area contributed by atoms with E-state index in [0.717, 1.165) is 5.56 Å². The zero-order chi connectivity index (χ0) is 28.4. The molecule has 0 amide bonds. The van der Waals surface area contributed by atoms with Gasteiger partial charge in [0.1, 0.15) is 5.02 Å². The Balaban J connectivity index is 1.80. The number of methoxy groups -OCH3 is 2. The lowest BCUT2D eigenvalue weighted by molar-refractivity contribution is -0.384. The standard InChI is InChI=1S/C29H31ClN2O7/c1-15(2)14-39-29(34)26-16(3)31-21-10-19(17-7-9-24(37-4)25(13-17)38-5)12-23(33)28(21)27(26)18-6-8-20(30)22(11-18)32(35)36/h6-9,11,13,15,19,27,31H,10,12,14H2,1-5H3/t19-,27-/m0/s1. The van der Waals surface area contributed by atoms with Gasteiger partial charge in [0.2, 0.25) is 0 Å². The Kier molecular flexibility index (Phi) is 8.30. The molecule has 39 heavy (non-hydrogen) atoms. The summed E-state index contributed by atoms with van der Waals surface area (Å²) in [6.07, 6.45) is 0.684. The predicted octanol–water partition coefficient (Wildman–Crippen LogP) is 5.83. The number of halogens is 1. The number of esters is 1. The van der Waals surface area contributed by atoms with Crippen molar-refractivity contribution in [1.82, 2.24) is 5.32 Å². The average Bonchev–Trinajstić information content (AvgIpc) is 2.90. The molecular formula is C29H31ClN2O7. The normalized spacial score (nSPS) is 19.0. The van der Waals surface area contributed by atoms with Crippen LogP contribution >= 0.6 is 11.6 Å². The van der Waals surface area contributed by atoms with Gasteiger partial charge < -0.3 is 19.5 Å². The number of Topliss-reactive ketones (excluding diaryl/α,β-unsaturated/α-hetero) is 1. The maximum Gasteiger partial charge on any atom is 0.336 e. The van der Waals surface area contributed by atoms with Crippen LogP contribution in [0.2, 0.25) is 5.02 Å². The van der Waals surface area contributed by atoms with Gasteiger partial charge in [0.05, 0.1) is 31.3 Å². The SMILES string of the molecule is COc1ccc([C@@H]2CC(=O)C3=C(C2)NC(C)=C(C(=O)OCC(C)C)[C@@H]3c2ccc(Cl)c([N+](=O)[O-])c2)cc1OC. The number of carbonyl (C=O) groups excluding carboxylic acids is 2. The third-order valence-corrected chi connectivity index (χ3v) is 7.29. The number of benzene rings is 2. The maximum absolute atomic E-state index is 13.8. The molecule has 0 saturated heterocycles. The van der Waals surface area contributed by atoms with Gasteiger partial charge in [0, 0.05) is 35.4 Å². The van der Waals surface area contributed by atoms with Crippen LogP contribution in [0.1, 0.15) is 56.6 Å². The number of ether oxygens (including phenoxy) is 3. The van der Waals surface area contributed by atoms with E-state index in [2.05, 4.69) is 5.32 Å². The second-order valence-electron chi connectivity index (χ2n) is 10.1. The molecule has 2 aliphatic rings. The molecule has 1 aliphatic carbocycles. The Morgan fingerprint density at radius 3 is 2.44 bits per heavy atom. The summed E-state index contributed by atoms with van der Waals surface area (Å²) in [6, 6.07) is 9.95. The molecule has 0 bridgehead atoms. The number of dihydropyridines is 1. The highest BCUT2D eigenvalue weighted by atomic mass is 35.5. The molecule has 0 fully saturated rings. The molecule has 0 spiro atoms. The summed E-state index contributed by atoms with van der Waals surface area (Å²) < 4.78 is 16.4. The topological polar surface area (TPSA) is 117 Å². The Morgan fingerprint density at radius 1 is 1.10 bits per heavy atom. The number of hydrogen-bond acceptors (Lipinski definition) is 8. The largest absolute Gasteiger partial charge is 0.493 e. The summed E-state index contributed by atoms with van der Waals surface area (Å²) in [6.45, 7) is 5.79. The van der Waals surface area contributed by atoms with Crippen LogP contribution in [0, 0.1) is 16.0 Å². The first-order valence-electron chi connectivity index (χ1n) is 12.6. The van der Waals surface area contributed by atoms with Gasteiger partial charge in [-0.2, -0.15) is 0 Å². The molecule has 1 aliphatic heterocycles. The van der Waals surface area contributed by atoms with Crippen LogP contribution in [0.5, 0.6) is 11.5 Å². The minimum atomic E-state index is -0.837. The molecule has 4 rings (SSSR count). The number of nitrogens with one attached hydrogen (secondary N) is 1. The smallest absolute Gasteiger partial charge is 0.336 e. The predicted molar refractivity (Wildman–Crippen MR) is 146 cm³/mol. The van der Waals surface area contributed by atoms with Crippen molar-refractivity contribution < 1.29 is 28.7 Å². The van der Waals surface area contributed by atoms with Gasteiger partial charge in [-0.15, -0.1) is 0 Å². The fourth-order valence-electron chi connectivity index (χ4n) is 5.15. The van der Waals surface area contributed by atoms with E-state index in [0.29, 0.717) is 40.5 Å². The maximum atomic E-state index is 13.8. The third kappa shape index (κ3) is 5.63. The van der Waals surface area contributed by atoms with E-state index in [-0.39, 0.29) is 46.9 Å². The van der Waals surface area contributed by atoms with Crippen LogP contribution in [-0.2, 0) is 14.3 Å². The molecule has 0 unspecified atom stereocenters. The summed E-state index contributed by atoms with van der Waals surface area (Å²) in [5, 5.41) is 14.9. The first kappa shape index (κ1) is 28.2. The second-order valence-corrected chi connectivity index (χ2v) is 10.5. The number of nitrogens with zero attached hydrogens (tertiary/aromatic N) is 1. The van der Waals surface area contributed by atoms with Crippen LogP contribution in [0.25, 0.3) is 0 Å². The molecule has 10 heteroatoms. The van der Waals surface area contributed by atoms with Crippen molar-refractivity contribution in [3.05, 3.63) is 85.2 Å². The molecule has 206 valence electrons. The van der Waals surface area contributed by atoms with E-state index in [9.17, 15) is 19.7 Å². The van der Waals surface area contributed by atoms with Crippen molar-refractivity contribution in [3.63, 3.8) is 0 Å². The fourth-order valence-corrected chi connectivity index (χ4v) is 5.34. The van der Waals surface area contributed by atoms with Crippen LogP contribution in [0.4, 0.5) is 5.69 Å². The average molecular weight is 555 g/mol. The monoisotopic (exact) mass is 554 g/mol. The second kappa shape index (κ2) is 11.5. The molecule has 1 N–H and O–H groups in total. The lowest BCUT2D eigenvalue weighted by atomic mass is 9.71. The molecule has 2 aromatic rings. The zero-order valence-corrected chi connectivity index (χ0v) is 23.3. The van der Waals surface area contributed by atoms with Gasteiger partial charge in [-0.1, -0.05) is 37.6 Å². The van der Waals surface area contributed by atoms with Gasteiger partial charge in [0.25, 0.3) is 5.69 Å².